The average molecular weight is 384 g/mol. The summed E-state index contributed by atoms with van der Waals surface area (Å²) in [7, 11) is -2.48. The van der Waals surface area contributed by atoms with Gasteiger partial charge in [0.15, 0.2) is 0 Å². The summed E-state index contributed by atoms with van der Waals surface area (Å²) in [6.07, 6.45) is 0. The van der Waals surface area contributed by atoms with E-state index in [-0.39, 0.29) is 9.35 Å². The van der Waals surface area contributed by atoms with Gasteiger partial charge in [-0.05, 0) is 28.2 Å². The van der Waals surface area contributed by atoms with E-state index in [1.165, 1.54) is 19.2 Å². The zero-order valence-electron chi connectivity index (χ0n) is 9.89. The van der Waals surface area contributed by atoms with Crippen LogP contribution in [0, 0.1) is 0 Å². The lowest BCUT2D eigenvalue weighted by Crippen LogP contribution is -2.08. The third-order valence-electron chi connectivity index (χ3n) is 2.56. The molecule has 2 rings (SSSR count). The number of hydrogen-bond acceptors (Lipinski definition) is 4. The Kier molecular flexibility index (Phi) is 4.20. The van der Waals surface area contributed by atoms with Gasteiger partial charge in [0.1, 0.15) is 4.88 Å². The van der Waals surface area contributed by atoms with Crippen LogP contribution in [0.4, 0.5) is 8.78 Å². The van der Waals surface area contributed by atoms with Crippen LogP contribution in [0.25, 0.3) is 10.1 Å². The van der Waals surface area contributed by atoms with Crippen LogP contribution in [0.15, 0.2) is 22.7 Å². The Balaban J connectivity index is 2.63. The quantitative estimate of drug-likeness (QED) is 0.636. The van der Waals surface area contributed by atoms with Crippen LogP contribution in [0.3, 0.4) is 0 Å². The molecule has 0 saturated heterocycles. The number of benzene rings is 1. The molecular formula is C11H7BrF2O4PS+. The van der Waals surface area contributed by atoms with Gasteiger partial charge in [-0.2, -0.15) is 4.89 Å². The number of hydrogen-bond donors (Lipinski definition) is 1. The molecule has 0 amide bonds. The first-order chi connectivity index (χ1) is 9.27. The van der Waals surface area contributed by atoms with Crippen molar-refractivity contribution in [1.82, 2.24) is 0 Å². The molecular weight excluding hydrogens is 377 g/mol. The van der Waals surface area contributed by atoms with Crippen molar-refractivity contribution >= 4 is 51.4 Å². The molecule has 9 heteroatoms. The maximum atomic E-state index is 13.6. The van der Waals surface area contributed by atoms with Gasteiger partial charge in [-0.1, -0.05) is 15.9 Å². The summed E-state index contributed by atoms with van der Waals surface area (Å²) in [5.74, 6) is -0.566. The van der Waals surface area contributed by atoms with Crippen LogP contribution < -0.4 is 0 Å². The minimum Gasteiger partial charge on any atom is -0.465 e. The number of halogens is 3. The van der Waals surface area contributed by atoms with Crippen LogP contribution in [-0.4, -0.2) is 18.0 Å². The second kappa shape index (κ2) is 5.44. The highest BCUT2D eigenvalue weighted by atomic mass is 79.9. The zero-order chi connectivity index (χ0) is 15.1. The number of fused-ring (bicyclic) bond motifs is 1. The Labute approximate surface area is 125 Å². The topological polar surface area (TPSA) is 63.6 Å². The van der Waals surface area contributed by atoms with E-state index >= 15 is 0 Å². The fourth-order valence-corrected chi connectivity index (χ4v) is 3.75. The fraction of sp³-hybridized carbons (Fsp3) is 0.182. The number of carbonyl (C=O) groups is 1. The number of rotatable bonds is 3. The van der Waals surface area contributed by atoms with E-state index in [1.807, 2.05) is 0 Å². The average Bonchev–Trinajstić information content (AvgIpc) is 2.79. The second-order valence-corrected chi connectivity index (χ2v) is 6.83. The maximum Gasteiger partial charge on any atom is 0.589 e. The largest absolute Gasteiger partial charge is 0.589 e. The lowest BCUT2D eigenvalue weighted by Gasteiger charge is -2.06. The second-order valence-electron chi connectivity index (χ2n) is 3.79. The summed E-state index contributed by atoms with van der Waals surface area (Å²) < 4.78 is 43.0. The molecule has 20 heavy (non-hydrogen) atoms. The first-order valence-corrected chi connectivity index (χ1v) is 7.95. The molecule has 1 atom stereocenters. The van der Waals surface area contributed by atoms with Gasteiger partial charge in [0, 0.05) is 9.17 Å². The molecule has 0 aliphatic rings. The van der Waals surface area contributed by atoms with Gasteiger partial charge < -0.3 is 4.74 Å². The molecule has 1 aromatic carbocycles. The van der Waals surface area contributed by atoms with Crippen molar-refractivity contribution in [2.75, 3.05) is 7.11 Å². The number of thiophene rings is 1. The summed E-state index contributed by atoms with van der Waals surface area (Å²) in [5, 5.41) is 0.565. The van der Waals surface area contributed by atoms with Crippen LogP contribution >= 0.6 is 35.3 Å². The Bertz CT molecular complexity index is 716. The van der Waals surface area contributed by atoms with Crippen molar-refractivity contribution in [2.24, 2.45) is 0 Å². The van der Waals surface area contributed by atoms with Crippen molar-refractivity contribution < 1.29 is 27.8 Å². The van der Waals surface area contributed by atoms with Gasteiger partial charge in [0.2, 0.25) is 0 Å². The first-order valence-electron chi connectivity index (χ1n) is 5.13. The highest BCUT2D eigenvalue weighted by Gasteiger charge is 2.54. The van der Waals surface area contributed by atoms with Crippen LogP contribution in [-0.2, 0) is 15.0 Å². The van der Waals surface area contributed by atoms with E-state index in [0.717, 1.165) is 17.4 Å². The summed E-state index contributed by atoms with van der Waals surface area (Å²) in [6, 6.07) is 3.98. The number of esters is 1. The van der Waals surface area contributed by atoms with E-state index in [4.69, 9.17) is 4.89 Å². The first kappa shape index (κ1) is 15.4. The fourth-order valence-electron chi connectivity index (χ4n) is 1.59. The van der Waals surface area contributed by atoms with E-state index in [2.05, 4.69) is 20.7 Å². The summed E-state index contributed by atoms with van der Waals surface area (Å²) in [4.78, 5) is 20.4. The smallest absolute Gasteiger partial charge is 0.465 e. The van der Waals surface area contributed by atoms with Gasteiger partial charge in [0.25, 0.3) is 0 Å². The minimum atomic E-state index is -3.86. The molecule has 0 fully saturated rings. The molecule has 0 saturated carbocycles. The molecule has 0 aliphatic carbocycles. The van der Waals surface area contributed by atoms with E-state index in [9.17, 15) is 18.1 Å². The number of carbonyl (C=O) groups excluding carboxylic acids is 1. The Morgan fingerprint density at radius 2 is 2.10 bits per heavy atom. The predicted molar refractivity (Wildman–Crippen MR) is 74.6 cm³/mol. The molecule has 1 heterocycles. The third-order valence-corrected chi connectivity index (χ3v) is 5.01. The lowest BCUT2D eigenvalue weighted by atomic mass is 10.2. The normalized spacial score (nSPS) is 12.6. The van der Waals surface area contributed by atoms with Gasteiger partial charge in [-0.25, -0.2) is 4.79 Å². The lowest BCUT2D eigenvalue weighted by molar-refractivity contribution is 0.0606. The highest BCUT2D eigenvalue weighted by molar-refractivity contribution is 9.10. The molecule has 4 nitrogen and oxygen atoms in total. The molecule has 0 bridgehead atoms. The number of methoxy groups -OCH3 is 1. The minimum absolute atomic E-state index is 0.00150. The predicted octanol–water partition coefficient (Wildman–Crippen LogP) is 4.23. The van der Waals surface area contributed by atoms with E-state index in [1.54, 1.807) is 0 Å². The van der Waals surface area contributed by atoms with Crippen LogP contribution in [0.2, 0.25) is 0 Å². The van der Waals surface area contributed by atoms with Crippen molar-refractivity contribution in [3.05, 3.63) is 33.1 Å². The monoisotopic (exact) mass is 383 g/mol. The third kappa shape index (κ3) is 2.61. The van der Waals surface area contributed by atoms with Gasteiger partial charge in [0.05, 0.1) is 12.7 Å². The van der Waals surface area contributed by atoms with Crippen LogP contribution in [0.1, 0.15) is 15.2 Å². The van der Waals surface area contributed by atoms with Gasteiger partial charge in [-0.15, -0.1) is 20.1 Å². The number of ether oxygens (including phenoxy) is 1. The zero-order valence-corrected chi connectivity index (χ0v) is 13.2. The van der Waals surface area contributed by atoms with Crippen LogP contribution in [0.5, 0.6) is 0 Å². The Hall–Kier alpha value is -0.950. The molecule has 0 radical (unpaired) electrons. The molecule has 1 N–H and O–H groups in total. The molecule has 2 aromatic rings. The Morgan fingerprint density at radius 3 is 2.65 bits per heavy atom. The molecule has 1 unspecified atom stereocenters. The van der Waals surface area contributed by atoms with Gasteiger partial charge in [-0.3, -0.25) is 0 Å². The van der Waals surface area contributed by atoms with Crippen molar-refractivity contribution in [3.63, 3.8) is 0 Å². The van der Waals surface area contributed by atoms with Crippen molar-refractivity contribution in [1.29, 1.82) is 0 Å². The van der Waals surface area contributed by atoms with E-state index in [0.29, 0.717) is 10.1 Å². The SMILES string of the molecule is COC(=O)c1cc2cc(Br)c(C(F)(F)[P+](=O)O)cc2s1. The number of alkyl halides is 2. The van der Waals surface area contributed by atoms with Crippen molar-refractivity contribution in [3.8, 4) is 0 Å². The molecule has 0 aliphatic heterocycles. The standard InChI is InChI=1S/C11H6BrF2O4PS/c1-18-10(15)9-3-5-2-7(12)6(4-8(5)20-9)11(13,14)19(16)17/h2-4H,1H3/p+1. The molecule has 0 spiro atoms. The molecule has 106 valence electrons. The maximum absolute atomic E-state index is 13.6. The summed E-state index contributed by atoms with van der Waals surface area (Å²) >= 11 is 3.93. The molecule has 1 aromatic heterocycles. The Morgan fingerprint density at radius 1 is 1.45 bits per heavy atom. The summed E-state index contributed by atoms with van der Waals surface area (Å²) in [5.41, 5.74) is -4.45. The van der Waals surface area contributed by atoms with Gasteiger partial charge >= 0.3 is 19.7 Å². The van der Waals surface area contributed by atoms with E-state index < -0.39 is 25.2 Å². The summed E-state index contributed by atoms with van der Waals surface area (Å²) in [6.45, 7) is 0. The van der Waals surface area contributed by atoms with Crippen molar-refractivity contribution in [2.45, 2.75) is 5.66 Å². The highest BCUT2D eigenvalue weighted by Crippen LogP contribution is 2.50.